The molecule has 0 aliphatic heterocycles. The van der Waals surface area contributed by atoms with Crippen molar-refractivity contribution in [3.63, 3.8) is 0 Å². The van der Waals surface area contributed by atoms with Gasteiger partial charge in [-0.05, 0) is 54.1 Å². The minimum atomic E-state index is -0.409. The number of benzene rings is 3. The van der Waals surface area contributed by atoms with Crippen LogP contribution in [0.3, 0.4) is 0 Å². The SMILES string of the molecule is N#Cc1c(-c2ccc(F)cc2)nc(-c2ccc(F)cc2)c(C#N)c1-c1ccccc1. The Kier molecular flexibility index (Phi) is 5.03. The van der Waals surface area contributed by atoms with Crippen molar-refractivity contribution < 1.29 is 8.78 Å². The monoisotopic (exact) mass is 393 g/mol. The molecule has 0 aliphatic carbocycles. The summed E-state index contributed by atoms with van der Waals surface area (Å²) in [7, 11) is 0. The van der Waals surface area contributed by atoms with Gasteiger partial charge in [-0.15, -0.1) is 0 Å². The standard InChI is InChI=1S/C25H13F2N3/c26-19-10-6-17(7-11-19)24-21(14-28)23(16-4-2-1-3-5-16)22(15-29)25(30-24)18-8-12-20(27)13-9-18/h1-13H. The molecule has 0 aliphatic rings. The van der Waals surface area contributed by atoms with Gasteiger partial charge in [0.1, 0.15) is 23.8 Å². The van der Waals surface area contributed by atoms with E-state index in [1.807, 2.05) is 18.2 Å². The predicted molar refractivity (Wildman–Crippen MR) is 110 cm³/mol. The summed E-state index contributed by atoms with van der Waals surface area (Å²) in [6.45, 7) is 0. The molecule has 3 aromatic carbocycles. The average molecular weight is 393 g/mol. The first-order valence-electron chi connectivity index (χ1n) is 9.08. The Morgan fingerprint density at radius 3 is 1.40 bits per heavy atom. The number of hydrogen-bond acceptors (Lipinski definition) is 3. The van der Waals surface area contributed by atoms with Crippen molar-refractivity contribution >= 4 is 0 Å². The summed E-state index contributed by atoms with van der Waals surface area (Å²) in [6.07, 6.45) is 0. The van der Waals surface area contributed by atoms with Gasteiger partial charge in [0, 0.05) is 16.7 Å². The average Bonchev–Trinajstić information content (AvgIpc) is 2.79. The highest BCUT2D eigenvalue weighted by Crippen LogP contribution is 2.38. The molecule has 4 aromatic rings. The maximum absolute atomic E-state index is 13.5. The molecular weight excluding hydrogens is 380 g/mol. The molecule has 4 rings (SSSR count). The molecule has 142 valence electrons. The molecule has 1 heterocycles. The fourth-order valence-electron chi connectivity index (χ4n) is 3.33. The number of pyridine rings is 1. The molecule has 5 heteroatoms. The van der Waals surface area contributed by atoms with Crippen LogP contribution in [0.15, 0.2) is 78.9 Å². The van der Waals surface area contributed by atoms with E-state index in [-0.39, 0.29) is 11.1 Å². The zero-order valence-electron chi connectivity index (χ0n) is 15.6. The maximum atomic E-state index is 13.5. The van der Waals surface area contributed by atoms with Crippen molar-refractivity contribution in [1.29, 1.82) is 10.5 Å². The third-order valence-electron chi connectivity index (χ3n) is 4.72. The van der Waals surface area contributed by atoms with Gasteiger partial charge >= 0.3 is 0 Å². The van der Waals surface area contributed by atoms with E-state index in [9.17, 15) is 19.3 Å². The lowest BCUT2D eigenvalue weighted by Crippen LogP contribution is -2.02. The fraction of sp³-hybridized carbons (Fsp3) is 0. The quantitative estimate of drug-likeness (QED) is 0.422. The zero-order valence-corrected chi connectivity index (χ0v) is 15.6. The molecule has 0 bridgehead atoms. The lowest BCUT2D eigenvalue weighted by molar-refractivity contribution is 0.627. The second kappa shape index (κ2) is 7.95. The summed E-state index contributed by atoms with van der Waals surface area (Å²) in [5, 5.41) is 19.9. The predicted octanol–water partition coefficient (Wildman–Crippen LogP) is 6.10. The van der Waals surface area contributed by atoms with Gasteiger partial charge in [0.05, 0.1) is 22.5 Å². The molecule has 0 N–H and O–H groups in total. The molecule has 30 heavy (non-hydrogen) atoms. The summed E-state index contributed by atoms with van der Waals surface area (Å²) < 4.78 is 26.9. The van der Waals surface area contributed by atoms with E-state index in [2.05, 4.69) is 17.1 Å². The first kappa shape index (κ1) is 19.0. The summed E-state index contributed by atoms with van der Waals surface area (Å²) >= 11 is 0. The molecule has 0 radical (unpaired) electrons. The first-order valence-corrected chi connectivity index (χ1v) is 9.08. The number of hydrogen-bond donors (Lipinski definition) is 0. The van der Waals surface area contributed by atoms with Crippen LogP contribution >= 0.6 is 0 Å². The summed E-state index contributed by atoms with van der Waals surface area (Å²) in [6, 6.07) is 24.7. The Labute approximate surface area is 172 Å². The fourth-order valence-corrected chi connectivity index (χ4v) is 3.33. The number of aromatic nitrogens is 1. The minimum Gasteiger partial charge on any atom is -0.245 e. The third kappa shape index (κ3) is 3.41. The lowest BCUT2D eigenvalue weighted by atomic mass is 9.89. The summed E-state index contributed by atoms with van der Waals surface area (Å²) in [5.74, 6) is -0.819. The largest absolute Gasteiger partial charge is 0.245 e. The molecule has 0 fully saturated rings. The van der Waals surface area contributed by atoms with Crippen molar-refractivity contribution in [2.75, 3.05) is 0 Å². The van der Waals surface area contributed by atoms with E-state index in [0.29, 0.717) is 33.6 Å². The topological polar surface area (TPSA) is 60.5 Å². The van der Waals surface area contributed by atoms with Gasteiger partial charge in [0.25, 0.3) is 0 Å². The Bertz CT molecular complexity index is 1220. The van der Waals surface area contributed by atoms with Crippen LogP contribution in [0.1, 0.15) is 11.1 Å². The van der Waals surface area contributed by atoms with Crippen molar-refractivity contribution in [3.05, 3.63) is 102 Å². The van der Waals surface area contributed by atoms with Gasteiger partial charge in [-0.1, -0.05) is 30.3 Å². The van der Waals surface area contributed by atoms with Gasteiger partial charge in [-0.3, -0.25) is 0 Å². The highest BCUT2D eigenvalue weighted by atomic mass is 19.1. The zero-order chi connectivity index (χ0) is 21.1. The second-order valence-electron chi connectivity index (χ2n) is 6.54. The normalized spacial score (nSPS) is 10.3. The molecule has 0 amide bonds. The van der Waals surface area contributed by atoms with Gasteiger partial charge < -0.3 is 0 Å². The Hall–Kier alpha value is -4.35. The van der Waals surface area contributed by atoms with Gasteiger partial charge in [0.2, 0.25) is 0 Å². The van der Waals surface area contributed by atoms with Crippen molar-refractivity contribution in [2.45, 2.75) is 0 Å². The van der Waals surface area contributed by atoms with Crippen LogP contribution in [0.2, 0.25) is 0 Å². The minimum absolute atomic E-state index is 0.218. The molecule has 0 saturated heterocycles. The van der Waals surface area contributed by atoms with Crippen LogP contribution in [-0.4, -0.2) is 4.98 Å². The summed E-state index contributed by atoms with van der Waals surface area (Å²) in [4.78, 5) is 4.61. The second-order valence-corrected chi connectivity index (χ2v) is 6.54. The smallest absolute Gasteiger partial charge is 0.123 e. The van der Waals surface area contributed by atoms with Crippen LogP contribution in [-0.2, 0) is 0 Å². The van der Waals surface area contributed by atoms with Crippen LogP contribution in [0, 0.1) is 34.3 Å². The van der Waals surface area contributed by atoms with E-state index in [4.69, 9.17) is 0 Å². The van der Waals surface area contributed by atoms with E-state index in [1.165, 1.54) is 48.5 Å². The Morgan fingerprint density at radius 2 is 1.00 bits per heavy atom. The highest BCUT2D eigenvalue weighted by molar-refractivity contribution is 5.89. The van der Waals surface area contributed by atoms with E-state index in [0.717, 1.165) is 0 Å². The molecular formula is C25H13F2N3. The van der Waals surface area contributed by atoms with Crippen LogP contribution < -0.4 is 0 Å². The lowest BCUT2D eigenvalue weighted by Gasteiger charge is -2.16. The number of nitrogens with zero attached hydrogens (tertiary/aromatic N) is 3. The number of rotatable bonds is 3. The number of nitriles is 2. The summed E-state index contributed by atoms with van der Waals surface area (Å²) in [5.41, 5.74) is 3.29. The third-order valence-corrected chi connectivity index (χ3v) is 4.72. The van der Waals surface area contributed by atoms with Crippen LogP contribution in [0.4, 0.5) is 8.78 Å². The van der Waals surface area contributed by atoms with Crippen molar-refractivity contribution in [3.8, 4) is 45.8 Å². The molecule has 0 atom stereocenters. The molecule has 0 spiro atoms. The van der Waals surface area contributed by atoms with E-state index >= 15 is 0 Å². The Balaban J connectivity index is 2.12. The van der Waals surface area contributed by atoms with Gasteiger partial charge in [0.15, 0.2) is 0 Å². The molecule has 0 saturated carbocycles. The van der Waals surface area contributed by atoms with E-state index in [1.54, 1.807) is 12.1 Å². The molecule has 1 aromatic heterocycles. The van der Waals surface area contributed by atoms with Crippen molar-refractivity contribution in [1.82, 2.24) is 4.98 Å². The van der Waals surface area contributed by atoms with Crippen LogP contribution in [0.25, 0.3) is 33.6 Å². The molecule has 0 unspecified atom stereocenters. The Morgan fingerprint density at radius 1 is 0.567 bits per heavy atom. The van der Waals surface area contributed by atoms with Gasteiger partial charge in [-0.25, -0.2) is 13.8 Å². The highest BCUT2D eigenvalue weighted by Gasteiger charge is 2.23. The maximum Gasteiger partial charge on any atom is 0.123 e. The van der Waals surface area contributed by atoms with Gasteiger partial charge in [-0.2, -0.15) is 10.5 Å². The number of halogens is 2. The van der Waals surface area contributed by atoms with E-state index < -0.39 is 11.6 Å². The van der Waals surface area contributed by atoms with Crippen LogP contribution in [0.5, 0.6) is 0 Å². The first-order chi connectivity index (χ1) is 14.6. The molecule has 3 nitrogen and oxygen atoms in total. The van der Waals surface area contributed by atoms with Crippen molar-refractivity contribution in [2.24, 2.45) is 0 Å².